The van der Waals surface area contributed by atoms with Crippen molar-refractivity contribution < 1.29 is 13.3 Å². The molecule has 0 saturated carbocycles. The molecule has 128 valence electrons. The molecule has 1 fully saturated rings. The van der Waals surface area contributed by atoms with E-state index in [1.54, 1.807) is 12.1 Å². The van der Waals surface area contributed by atoms with Gasteiger partial charge in [0.05, 0.1) is 10.7 Å². The number of sulfonamides is 1. The molecule has 0 amide bonds. The summed E-state index contributed by atoms with van der Waals surface area (Å²) in [5, 5.41) is 10.6. The molecule has 0 radical (unpaired) electrons. The predicted octanol–water partition coefficient (Wildman–Crippen LogP) is 1.40. The van der Waals surface area contributed by atoms with E-state index >= 15 is 0 Å². The molecule has 1 heterocycles. The molecule has 1 saturated heterocycles. The number of nitrogens with one attached hydrogen (secondary N) is 1. The summed E-state index contributed by atoms with van der Waals surface area (Å²) in [4.78, 5) is 12.3. The Morgan fingerprint density at radius 1 is 1.35 bits per heavy atom. The second-order valence-electron chi connectivity index (χ2n) is 6.11. The molecule has 23 heavy (non-hydrogen) atoms. The molecule has 8 heteroatoms. The zero-order valence-corrected chi connectivity index (χ0v) is 14.1. The normalized spacial score (nSPS) is 19.6. The molecule has 7 nitrogen and oxygen atoms in total. The second-order valence-corrected chi connectivity index (χ2v) is 8.04. The number of rotatable bonds is 7. The lowest BCUT2D eigenvalue weighted by Gasteiger charge is -2.29. The topological polar surface area (TPSA) is 92.6 Å². The maximum absolute atomic E-state index is 12.1. The average Bonchev–Trinajstić information content (AvgIpc) is 2.52. The van der Waals surface area contributed by atoms with E-state index in [2.05, 4.69) is 16.7 Å². The van der Waals surface area contributed by atoms with Crippen molar-refractivity contribution in [1.29, 1.82) is 0 Å². The van der Waals surface area contributed by atoms with Gasteiger partial charge in [0.15, 0.2) is 0 Å². The second kappa shape index (κ2) is 7.85. The Balaban J connectivity index is 1.80. The van der Waals surface area contributed by atoms with E-state index < -0.39 is 14.9 Å². The van der Waals surface area contributed by atoms with Gasteiger partial charge in [-0.3, -0.25) is 10.1 Å². The third kappa shape index (κ3) is 5.89. The van der Waals surface area contributed by atoms with Gasteiger partial charge in [0.25, 0.3) is 5.69 Å². The largest absolute Gasteiger partial charge is 0.306 e. The first kappa shape index (κ1) is 17.8. The number of non-ortho nitro benzene ring substituents is 1. The van der Waals surface area contributed by atoms with Crippen molar-refractivity contribution in [3.63, 3.8) is 0 Å². The lowest BCUT2D eigenvalue weighted by Crippen LogP contribution is -2.39. The molecule has 1 N–H and O–H groups in total. The number of nitro benzene ring substituents is 1. The van der Waals surface area contributed by atoms with E-state index in [0.717, 1.165) is 31.5 Å². The van der Waals surface area contributed by atoms with E-state index in [1.165, 1.54) is 12.1 Å². The maximum Gasteiger partial charge on any atom is 0.269 e. The molecule has 0 bridgehead atoms. The fourth-order valence-corrected chi connectivity index (χ4v) is 3.93. The number of likely N-dealkylation sites (tertiary alicyclic amines) is 1. The van der Waals surface area contributed by atoms with E-state index in [0.29, 0.717) is 18.9 Å². The van der Waals surface area contributed by atoms with E-state index in [1.807, 2.05) is 0 Å². The number of piperidine rings is 1. The fourth-order valence-electron chi connectivity index (χ4n) is 2.79. The van der Waals surface area contributed by atoms with Gasteiger partial charge in [-0.25, -0.2) is 13.1 Å². The van der Waals surface area contributed by atoms with Crippen LogP contribution in [0.4, 0.5) is 5.69 Å². The number of hydrogen-bond donors (Lipinski definition) is 1. The third-order valence-electron chi connectivity index (χ3n) is 4.12. The highest BCUT2D eigenvalue weighted by Gasteiger charge is 2.19. The summed E-state index contributed by atoms with van der Waals surface area (Å²) >= 11 is 0. The van der Waals surface area contributed by atoms with Gasteiger partial charge in [-0.05, 0) is 44.3 Å². The Labute approximate surface area is 136 Å². The van der Waals surface area contributed by atoms with Gasteiger partial charge >= 0.3 is 0 Å². The van der Waals surface area contributed by atoms with Gasteiger partial charge in [-0.15, -0.1) is 0 Å². The minimum Gasteiger partial charge on any atom is -0.306 e. The predicted molar refractivity (Wildman–Crippen MR) is 88.8 cm³/mol. The van der Waals surface area contributed by atoms with Crippen molar-refractivity contribution in [2.24, 2.45) is 5.92 Å². The number of nitro groups is 1. The highest BCUT2D eigenvalue weighted by molar-refractivity contribution is 7.89. The molecule has 0 unspecified atom stereocenters. The molecule has 0 aromatic heterocycles. The van der Waals surface area contributed by atoms with Crippen LogP contribution in [0.1, 0.15) is 18.4 Å². The monoisotopic (exact) mass is 341 g/mol. The Kier molecular flexibility index (Phi) is 6.09. The lowest BCUT2D eigenvalue weighted by atomic mass is 9.99. The van der Waals surface area contributed by atoms with Crippen molar-refractivity contribution in [2.45, 2.75) is 19.3 Å². The van der Waals surface area contributed by atoms with Crippen LogP contribution in [0.5, 0.6) is 0 Å². The summed E-state index contributed by atoms with van der Waals surface area (Å²) in [6, 6.07) is 5.99. The quantitative estimate of drug-likeness (QED) is 0.598. The first-order valence-corrected chi connectivity index (χ1v) is 9.40. The van der Waals surface area contributed by atoms with Crippen molar-refractivity contribution in [1.82, 2.24) is 9.62 Å². The van der Waals surface area contributed by atoms with Crippen LogP contribution in [0, 0.1) is 16.0 Å². The standard InChI is InChI=1S/C15H23N3O4S/c1-17-9-2-3-14(12-17)11-16-23(21,22)10-8-13-4-6-15(7-5-13)18(19)20/h4-7,14,16H,2-3,8-12H2,1H3/t14-/m1/s1. The Morgan fingerprint density at radius 2 is 2.04 bits per heavy atom. The Morgan fingerprint density at radius 3 is 2.65 bits per heavy atom. The number of nitrogens with zero attached hydrogens (tertiary/aromatic N) is 2. The summed E-state index contributed by atoms with van der Waals surface area (Å²) in [5.41, 5.74) is 0.787. The summed E-state index contributed by atoms with van der Waals surface area (Å²) in [7, 11) is -1.27. The molecular formula is C15H23N3O4S. The summed E-state index contributed by atoms with van der Waals surface area (Å²) < 4.78 is 26.8. The van der Waals surface area contributed by atoms with Crippen LogP contribution in [0.15, 0.2) is 24.3 Å². The smallest absolute Gasteiger partial charge is 0.269 e. The van der Waals surface area contributed by atoms with Crippen molar-refractivity contribution >= 4 is 15.7 Å². The van der Waals surface area contributed by atoms with Gasteiger partial charge in [0.2, 0.25) is 10.0 Å². The number of benzene rings is 1. The van der Waals surface area contributed by atoms with Crippen molar-refractivity contribution in [2.75, 3.05) is 32.4 Å². The zero-order valence-electron chi connectivity index (χ0n) is 13.3. The SMILES string of the molecule is CN1CCC[C@H](CNS(=O)(=O)CCc2ccc([N+](=O)[O-])cc2)C1. The lowest BCUT2D eigenvalue weighted by molar-refractivity contribution is -0.384. The molecule has 0 aliphatic carbocycles. The van der Waals surface area contributed by atoms with Crippen LogP contribution < -0.4 is 4.72 Å². The first-order valence-electron chi connectivity index (χ1n) is 7.75. The minimum absolute atomic E-state index is 0.00658. The molecule has 1 aromatic carbocycles. The van der Waals surface area contributed by atoms with Gasteiger partial charge in [-0.1, -0.05) is 12.1 Å². The zero-order chi connectivity index (χ0) is 16.9. The third-order valence-corrected chi connectivity index (χ3v) is 5.47. The van der Waals surface area contributed by atoms with Crippen molar-refractivity contribution in [3.8, 4) is 0 Å². The highest BCUT2D eigenvalue weighted by atomic mass is 32.2. The number of aryl methyl sites for hydroxylation is 1. The minimum atomic E-state index is -3.33. The molecular weight excluding hydrogens is 318 g/mol. The summed E-state index contributed by atoms with van der Waals surface area (Å²) in [6.45, 7) is 2.47. The molecule has 1 aromatic rings. The summed E-state index contributed by atoms with van der Waals surface area (Å²) in [5.74, 6) is 0.357. The van der Waals surface area contributed by atoms with E-state index in [4.69, 9.17) is 0 Å². The molecule has 1 atom stereocenters. The van der Waals surface area contributed by atoms with Crippen LogP contribution in [0.25, 0.3) is 0 Å². The van der Waals surface area contributed by atoms with Crippen LogP contribution in [0.2, 0.25) is 0 Å². The molecule has 1 aliphatic heterocycles. The number of hydrogen-bond acceptors (Lipinski definition) is 5. The Hall–Kier alpha value is -1.51. The highest BCUT2D eigenvalue weighted by Crippen LogP contribution is 2.15. The van der Waals surface area contributed by atoms with Crippen LogP contribution in [-0.2, 0) is 16.4 Å². The van der Waals surface area contributed by atoms with Crippen molar-refractivity contribution in [3.05, 3.63) is 39.9 Å². The fraction of sp³-hybridized carbons (Fsp3) is 0.600. The summed E-state index contributed by atoms with van der Waals surface area (Å²) in [6.07, 6.45) is 2.50. The van der Waals surface area contributed by atoms with Gasteiger partial charge in [0, 0.05) is 25.2 Å². The molecule has 1 aliphatic rings. The van der Waals surface area contributed by atoms with Crippen LogP contribution >= 0.6 is 0 Å². The molecule has 2 rings (SSSR count). The van der Waals surface area contributed by atoms with Gasteiger partial charge in [0.1, 0.15) is 0 Å². The van der Waals surface area contributed by atoms with Gasteiger partial charge < -0.3 is 4.90 Å². The maximum atomic E-state index is 12.1. The van der Waals surface area contributed by atoms with E-state index in [9.17, 15) is 18.5 Å². The Bertz CT molecular complexity index is 631. The average molecular weight is 341 g/mol. The van der Waals surface area contributed by atoms with Crippen LogP contribution in [0.3, 0.4) is 0 Å². The van der Waals surface area contributed by atoms with Crippen LogP contribution in [-0.4, -0.2) is 50.7 Å². The van der Waals surface area contributed by atoms with E-state index in [-0.39, 0.29) is 11.4 Å². The first-order chi connectivity index (χ1) is 10.9. The van der Waals surface area contributed by atoms with Gasteiger partial charge in [-0.2, -0.15) is 0 Å². The molecule has 0 spiro atoms.